The Labute approximate surface area is 169 Å². The van der Waals surface area contributed by atoms with Gasteiger partial charge in [0.05, 0.1) is 5.41 Å². The second-order valence-corrected chi connectivity index (χ2v) is 7.22. The van der Waals surface area contributed by atoms with E-state index >= 15 is 0 Å². The van der Waals surface area contributed by atoms with Crippen molar-refractivity contribution in [2.75, 3.05) is 33.4 Å². The highest BCUT2D eigenvalue weighted by molar-refractivity contribution is 5.85. The molecule has 1 amide bonds. The molecule has 0 radical (unpaired) electrons. The van der Waals surface area contributed by atoms with Crippen LogP contribution in [0.15, 0.2) is 12.1 Å². The van der Waals surface area contributed by atoms with Crippen LogP contribution in [-0.2, 0) is 16.1 Å². The highest BCUT2D eigenvalue weighted by Gasteiger charge is 2.40. The van der Waals surface area contributed by atoms with Gasteiger partial charge in [0.2, 0.25) is 5.91 Å². The van der Waals surface area contributed by atoms with Gasteiger partial charge in [-0.05, 0) is 43.4 Å². The van der Waals surface area contributed by atoms with Gasteiger partial charge >= 0.3 is 6.18 Å². The van der Waals surface area contributed by atoms with Crippen molar-refractivity contribution in [1.29, 1.82) is 0 Å². The molecule has 5 nitrogen and oxygen atoms in total. The summed E-state index contributed by atoms with van der Waals surface area (Å²) < 4.78 is 47.5. The van der Waals surface area contributed by atoms with Crippen LogP contribution in [0.5, 0.6) is 5.75 Å². The predicted molar refractivity (Wildman–Crippen MR) is 103 cm³/mol. The number of halogens is 4. The molecule has 1 aliphatic rings. The molecule has 0 aromatic heterocycles. The normalized spacial score (nSPS) is 16.2. The molecule has 0 saturated carbocycles. The van der Waals surface area contributed by atoms with Crippen LogP contribution in [0.3, 0.4) is 0 Å². The van der Waals surface area contributed by atoms with Gasteiger partial charge in [0.25, 0.3) is 0 Å². The zero-order chi connectivity index (χ0) is 20.2. The summed E-state index contributed by atoms with van der Waals surface area (Å²) in [5.74, 6) is 0.203. The summed E-state index contributed by atoms with van der Waals surface area (Å²) >= 11 is 0. The lowest BCUT2D eigenvalue weighted by atomic mass is 9.79. The van der Waals surface area contributed by atoms with Crippen molar-refractivity contribution in [3.63, 3.8) is 0 Å². The second kappa shape index (κ2) is 9.80. The molecule has 0 aliphatic carbocycles. The lowest BCUT2D eigenvalue weighted by Gasteiger charge is -2.37. The standard InChI is InChI=1S/C19H27F3N2O3.ClH/c1-13-8-15(9-14(2)16(13)27-12-19(20,21)22)10-24(3)17(25)18(11-23)4-6-26-7-5-18;/h8-9H,4-7,10-12,23H2,1-3H3;1H. The molecular weight excluding hydrogens is 397 g/mol. The maximum absolute atomic E-state index is 12.9. The maximum Gasteiger partial charge on any atom is 0.422 e. The molecule has 160 valence electrons. The minimum Gasteiger partial charge on any atom is -0.484 e. The highest BCUT2D eigenvalue weighted by atomic mass is 35.5. The first kappa shape index (κ1) is 24.5. The molecule has 9 heteroatoms. The smallest absolute Gasteiger partial charge is 0.422 e. The summed E-state index contributed by atoms with van der Waals surface area (Å²) in [7, 11) is 1.72. The summed E-state index contributed by atoms with van der Waals surface area (Å²) in [5, 5.41) is 0. The fourth-order valence-corrected chi connectivity index (χ4v) is 3.53. The molecule has 1 aliphatic heterocycles. The van der Waals surface area contributed by atoms with E-state index in [4.69, 9.17) is 15.2 Å². The molecule has 2 N–H and O–H groups in total. The minimum atomic E-state index is -4.38. The molecule has 2 rings (SSSR count). The molecule has 28 heavy (non-hydrogen) atoms. The Morgan fingerprint density at radius 2 is 1.79 bits per heavy atom. The van der Waals surface area contributed by atoms with Crippen molar-refractivity contribution in [2.45, 2.75) is 39.4 Å². The average molecular weight is 425 g/mol. The van der Waals surface area contributed by atoms with Crippen LogP contribution in [0.1, 0.15) is 29.5 Å². The number of nitrogens with zero attached hydrogens (tertiary/aromatic N) is 1. The Hall–Kier alpha value is -1.51. The van der Waals surface area contributed by atoms with Gasteiger partial charge in [-0.3, -0.25) is 4.79 Å². The van der Waals surface area contributed by atoms with Gasteiger partial charge in [-0.2, -0.15) is 13.2 Å². The maximum atomic E-state index is 12.9. The first-order valence-electron chi connectivity index (χ1n) is 8.91. The van der Waals surface area contributed by atoms with E-state index in [-0.39, 0.29) is 30.6 Å². The number of aryl methyl sites for hydroxylation is 2. The Kier molecular flexibility index (Phi) is 8.59. The van der Waals surface area contributed by atoms with Gasteiger partial charge in [-0.25, -0.2) is 0 Å². The van der Waals surface area contributed by atoms with Crippen LogP contribution < -0.4 is 10.5 Å². The molecular formula is C19H28ClF3N2O3. The van der Waals surface area contributed by atoms with Gasteiger partial charge in [0, 0.05) is 33.4 Å². The molecule has 1 aromatic carbocycles. The van der Waals surface area contributed by atoms with Gasteiger partial charge in [-0.1, -0.05) is 12.1 Å². The second-order valence-electron chi connectivity index (χ2n) is 7.22. The monoisotopic (exact) mass is 424 g/mol. The lowest BCUT2D eigenvalue weighted by Crippen LogP contribution is -2.49. The van der Waals surface area contributed by atoms with E-state index in [2.05, 4.69) is 0 Å². The third-order valence-electron chi connectivity index (χ3n) is 4.96. The highest BCUT2D eigenvalue weighted by Crippen LogP contribution is 2.32. The van der Waals surface area contributed by atoms with Crippen LogP contribution in [0.2, 0.25) is 0 Å². The van der Waals surface area contributed by atoms with Crippen LogP contribution in [0.25, 0.3) is 0 Å². The number of hydrogen-bond acceptors (Lipinski definition) is 4. The number of amides is 1. The SMILES string of the molecule is Cc1cc(CN(C)C(=O)C2(CN)CCOCC2)cc(C)c1OCC(F)(F)F.Cl. The van der Waals surface area contributed by atoms with E-state index in [1.807, 2.05) is 0 Å². The van der Waals surface area contributed by atoms with Gasteiger partial charge in [0.15, 0.2) is 6.61 Å². The molecule has 0 bridgehead atoms. The number of carbonyl (C=O) groups is 1. The van der Waals surface area contributed by atoms with E-state index < -0.39 is 18.2 Å². The number of benzene rings is 1. The first-order chi connectivity index (χ1) is 12.6. The van der Waals surface area contributed by atoms with E-state index in [0.29, 0.717) is 43.7 Å². The van der Waals surface area contributed by atoms with Crippen molar-refractivity contribution < 1.29 is 27.4 Å². The van der Waals surface area contributed by atoms with E-state index in [0.717, 1.165) is 5.56 Å². The molecule has 1 aromatic rings. The Bertz CT molecular complexity index is 654. The quantitative estimate of drug-likeness (QED) is 0.760. The first-order valence-corrected chi connectivity index (χ1v) is 8.91. The summed E-state index contributed by atoms with van der Waals surface area (Å²) in [4.78, 5) is 14.6. The van der Waals surface area contributed by atoms with Crippen molar-refractivity contribution in [2.24, 2.45) is 11.1 Å². The van der Waals surface area contributed by atoms with Crippen LogP contribution in [0.4, 0.5) is 13.2 Å². The topological polar surface area (TPSA) is 64.8 Å². The van der Waals surface area contributed by atoms with Crippen molar-refractivity contribution in [3.8, 4) is 5.75 Å². The summed E-state index contributed by atoms with van der Waals surface area (Å²) in [6.45, 7) is 3.71. The number of alkyl halides is 3. The van der Waals surface area contributed by atoms with Gasteiger partial charge in [-0.15, -0.1) is 12.4 Å². The third-order valence-corrected chi connectivity index (χ3v) is 4.96. The Morgan fingerprint density at radius 1 is 1.25 bits per heavy atom. The van der Waals surface area contributed by atoms with Gasteiger partial charge in [0.1, 0.15) is 5.75 Å². The number of carbonyl (C=O) groups excluding carboxylic acids is 1. The van der Waals surface area contributed by atoms with Crippen LogP contribution >= 0.6 is 12.4 Å². The fourth-order valence-electron chi connectivity index (χ4n) is 3.53. The van der Waals surface area contributed by atoms with Crippen LogP contribution in [-0.4, -0.2) is 50.4 Å². The molecule has 0 spiro atoms. The third kappa shape index (κ3) is 5.99. The Balaban J connectivity index is 0.00000392. The number of rotatable bonds is 6. The molecule has 1 saturated heterocycles. The summed E-state index contributed by atoms with van der Waals surface area (Å²) in [5.41, 5.74) is 7.34. The predicted octanol–water partition coefficient (Wildman–Crippen LogP) is 3.38. The average Bonchev–Trinajstić information content (AvgIpc) is 2.59. The zero-order valence-corrected chi connectivity index (χ0v) is 17.2. The molecule has 1 fully saturated rings. The number of ether oxygens (including phenoxy) is 2. The number of nitrogens with two attached hydrogens (primary N) is 1. The summed E-state index contributed by atoms with van der Waals surface area (Å²) in [6.07, 6.45) is -3.20. The van der Waals surface area contributed by atoms with E-state index in [1.165, 1.54) is 0 Å². The van der Waals surface area contributed by atoms with E-state index in [9.17, 15) is 18.0 Å². The summed E-state index contributed by atoms with van der Waals surface area (Å²) in [6, 6.07) is 3.50. The lowest BCUT2D eigenvalue weighted by molar-refractivity contribution is -0.153. The fraction of sp³-hybridized carbons (Fsp3) is 0.632. The number of hydrogen-bond donors (Lipinski definition) is 1. The van der Waals surface area contributed by atoms with Crippen molar-refractivity contribution >= 4 is 18.3 Å². The van der Waals surface area contributed by atoms with E-state index in [1.54, 1.807) is 37.9 Å². The molecule has 1 heterocycles. The van der Waals surface area contributed by atoms with Gasteiger partial charge < -0.3 is 20.1 Å². The Morgan fingerprint density at radius 3 is 2.25 bits per heavy atom. The molecule has 0 atom stereocenters. The molecule has 0 unspecified atom stereocenters. The minimum absolute atomic E-state index is 0. The largest absolute Gasteiger partial charge is 0.484 e. The van der Waals surface area contributed by atoms with Crippen molar-refractivity contribution in [3.05, 3.63) is 28.8 Å². The van der Waals surface area contributed by atoms with Crippen LogP contribution in [0, 0.1) is 19.3 Å². The zero-order valence-electron chi connectivity index (χ0n) is 16.4. The van der Waals surface area contributed by atoms with Crippen molar-refractivity contribution in [1.82, 2.24) is 4.90 Å².